The zero-order valence-corrected chi connectivity index (χ0v) is 16.9. The van der Waals surface area contributed by atoms with E-state index in [1.54, 1.807) is 12.1 Å². The van der Waals surface area contributed by atoms with Crippen molar-refractivity contribution in [1.82, 2.24) is 5.32 Å². The molecule has 26 heavy (non-hydrogen) atoms. The van der Waals surface area contributed by atoms with Gasteiger partial charge in [0.2, 0.25) is 0 Å². The van der Waals surface area contributed by atoms with Crippen LogP contribution in [0.15, 0.2) is 24.3 Å². The maximum absolute atomic E-state index is 12.5. The van der Waals surface area contributed by atoms with Crippen molar-refractivity contribution in [1.29, 1.82) is 0 Å². The number of halogens is 1. The molecule has 0 heterocycles. The van der Waals surface area contributed by atoms with Crippen molar-refractivity contribution in [2.24, 2.45) is 17.8 Å². The Morgan fingerprint density at radius 3 is 2.46 bits per heavy atom. The second kappa shape index (κ2) is 9.40. The number of hydrogen-bond acceptors (Lipinski definition) is 3. The van der Waals surface area contributed by atoms with Gasteiger partial charge >= 0.3 is 5.97 Å². The summed E-state index contributed by atoms with van der Waals surface area (Å²) in [6, 6.07) is 7.36. The first-order valence-corrected chi connectivity index (χ1v) is 9.88. The number of hydrogen-bond donors (Lipinski definition) is 1. The van der Waals surface area contributed by atoms with Gasteiger partial charge in [0.05, 0.1) is 5.92 Å². The number of carbonyl (C=O) groups excluding carboxylic acids is 2. The van der Waals surface area contributed by atoms with Crippen molar-refractivity contribution in [2.45, 2.75) is 58.9 Å². The third-order valence-electron chi connectivity index (χ3n) is 5.55. The summed E-state index contributed by atoms with van der Waals surface area (Å²) in [7, 11) is 0. The van der Waals surface area contributed by atoms with Crippen molar-refractivity contribution in [3.63, 3.8) is 0 Å². The lowest BCUT2D eigenvalue weighted by atomic mass is 9.78. The Labute approximate surface area is 161 Å². The summed E-state index contributed by atoms with van der Waals surface area (Å²) in [4.78, 5) is 24.8. The van der Waals surface area contributed by atoms with Crippen LogP contribution in [0.1, 0.15) is 58.4 Å². The minimum atomic E-state index is -0.409. The molecule has 0 spiro atoms. The van der Waals surface area contributed by atoms with Gasteiger partial charge in [-0.3, -0.25) is 9.59 Å². The molecule has 1 N–H and O–H groups in total. The van der Waals surface area contributed by atoms with Crippen LogP contribution in [0.5, 0.6) is 0 Å². The predicted molar refractivity (Wildman–Crippen MR) is 104 cm³/mol. The van der Waals surface area contributed by atoms with Crippen LogP contribution < -0.4 is 5.32 Å². The lowest BCUT2D eigenvalue weighted by Crippen LogP contribution is -2.45. The first-order valence-electron chi connectivity index (χ1n) is 9.51. The fourth-order valence-electron chi connectivity index (χ4n) is 3.72. The Kier molecular flexibility index (Phi) is 7.51. The van der Waals surface area contributed by atoms with Crippen LogP contribution in [-0.4, -0.2) is 24.5 Å². The van der Waals surface area contributed by atoms with Crippen LogP contribution in [0, 0.1) is 17.8 Å². The molecule has 5 heteroatoms. The average Bonchev–Trinajstić information content (AvgIpc) is 2.59. The van der Waals surface area contributed by atoms with E-state index < -0.39 is 5.92 Å². The van der Waals surface area contributed by atoms with E-state index in [4.69, 9.17) is 16.3 Å². The van der Waals surface area contributed by atoms with Gasteiger partial charge in [0.15, 0.2) is 6.61 Å². The number of carbonyl (C=O) groups is 2. The molecule has 0 unspecified atom stereocenters. The summed E-state index contributed by atoms with van der Waals surface area (Å²) >= 11 is 5.92. The topological polar surface area (TPSA) is 55.4 Å². The van der Waals surface area contributed by atoms with Crippen LogP contribution in [-0.2, 0) is 14.3 Å². The van der Waals surface area contributed by atoms with Gasteiger partial charge in [0, 0.05) is 11.1 Å². The summed E-state index contributed by atoms with van der Waals surface area (Å²) in [5.41, 5.74) is 0.851. The minimum Gasteiger partial charge on any atom is -0.455 e. The SMILES string of the molecule is CC(C)[C@H](C(=O)OCC(=O)N[C@H]1CCC[C@H](C)[C@H]1C)c1ccc(Cl)cc1. The predicted octanol–water partition coefficient (Wildman–Crippen LogP) is 4.56. The molecule has 1 aliphatic rings. The van der Waals surface area contributed by atoms with Crippen molar-refractivity contribution in [2.75, 3.05) is 6.61 Å². The second-order valence-corrected chi connectivity index (χ2v) is 8.26. The molecule has 0 aliphatic heterocycles. The molecule has 0 aromatic heterocycles. The number of nitrogens with one attached hydrogen (secondary N) is 1. The highest BCUT2D eigenvalue weighted by molar-refractivity contribution is 6.30. The summed E-state index contributed by atoms with van der Waals surface area (Å²) < 4.78 is 5.33. The van der Waals surface area contributed by atoms with Gasteiger partial charge in [-0.15, -0.1) is 0 Å². The van der Waals surface area contributed by atoms with Crippen LogP contribution in [0.3, 0.4) is 0 Å². The zero-order valence-electron chi connectivity index (χ0n) is 16.1. The number of rotatable bonds is 6. The number of ether oxygens (including phenoxy) is 1. The van der Waals surface area contributed by atoms with Crippen LogP contribution in [0.4, 0.5) is 0 Å². The van der Waals surface area contributed by atoms with E-state index in [1.807, 2.05) is 26.0 Å². The monoisotopic (exact) mass is 379 g/mol. The first kappa shape index (κ1) is 20.8. The van der Waals surface area contributed by atoms with Crippen molar-refractivity contribution < 1.29 is 14.3 Å². The number of amides is 1. The molecular formula is C21H30ClNO3. The Balaban J connectivity index is 1.91. The highest BCUT2D eigenvalue weighted by Gasteiger charge is 2.29. The van der Waals surface area contributed by atoms with Gasteiger partial charge in [-0.25, -0.2) is 0 Å². The van der Waals surface area contributed by atoms with Gasteiger partial charge in [-0.1, -0.05) is 64.3 Å². The normalized spacial score (nSPS) is 24.2. The molecule has 2 rings (SSSR count). The van der Waals surface area contributed by atoms with Gasteiger partial charge in [-0.05, 0) is 41.9 Å². The lowest BCUT2D eigenvalue weighted by molar-refractivity contribution is -0.151. The smallest absolute Gasteiger partial charge is 0.314 e. The minimum absolute atomic E-state index is 0.0611. The summed E-state index contributed by atoms with van der Waals surface area (Å²) in [6.45, 7) is 8.10. The van der Waals surface area contributed by atoms with Crippen LogP contribution >= 0.6 is 11.6 Å². The van der Waals surface area contributed by atoms with Gasteiger partial charge in [0.1, 0.15) is 0 Å². The lowest BCUT2D eigenvalue weighted by Gasteiger charge is -2.34. The second-order valence-electron chi connectivity index (χ2n) is 7.82. The Hall–Kier alpha value is -1.55. The van der Waals surface area contributed by atoms with E-state index in [9.17, 15) is 9.59 Å². The maximum Gasteiger partial charge on any atom is 0.314 e. The zero-order chi connectivity index (χ0) is 19.3. The first-order chi connectivity index (χ1) is 12.3. The molecular weight excluding hydrogens is 350 g/mol. The summed E-state index contributed by atoms with van der Waals surface area (Å²) in [5.74, 6) is 0.109. The van der Waals surface area contributed by atoms with E-state index in [-0.39, 0.29) is 30.4 Å². The van der Waals surface area contributed by atoms with E-state index in [1.165, 1.54) is 6.42 Å². The van der Waals surface area contributed by atoms with Crippen molar-refractivity contribution in [3.05, 3.63) is 34.9 Å². The molecule has 1 aromatic carbocycles. The van der Waals surface area contributed by atoms with E-state index in [2.05, 4.69) is 19.2 Å². The average molecular weight is 380 g/mol. The molecule has 1 aromatic rings. The third-order valence-corrected chi connectivity index (χ3v) is 5.80. The number of benzene rings is 1. The van der Waals surface area contributed by atoms with E-state index >= 15 is 0 Å². The Bertz CT molecular complexity index is 614. The molecule has 0 radical (unpaired) electrons. The maximum atomic E-state index is 12.5. The van der Waals surface area contributed by atoms with Crippen LogP contribution in [0.2, 0.25) is 5.02 Å². The molecule has 1 saturated carbocycles. The number of esters is 1. The molecule has 1 aliphatic carbocycles. The fraction of sp³-hybridized carbons (Fsp3) is 0.619. The standard InChI is InChI=1S/C21H30ClNO3/c1-13(2)20(16-8-10-17(22)11-9-16)21(25)26-12-19(24)23-18-7-5-6-14(3)15(18)4/h8-11,13-15,18,20H,5-7,12H2,1-4H3,(H,23,24)/t14-,15+,18-,20-/m0/s1. The molecule has 0 bridgehead atoms. The highest BCUT2D eigenvalue weighted by Crippen LogP contribution is 2.30. The highest BCUT2D eigenvalue weighted by atomic mass is 35.5. The summed E-state index contributed by atoms with van der Waals surface area (Å²) in [6.07, 6.45) is 3.33. The Morgan fingerprint density at radius 2 is 1.85 bits per heavy atom. The molecule has 1 amide bonds. The summed E-state index contributed by atoms with van der Waals surface area (Å²) in [5, 5.41) is 3.66. The van der Waals surface area contributed by atoms with Gasteiger partial charge < -0.3 is 10.1 Å². The molecule has 144 valence electrons. The molecule has 4 nitrogen and oxygen atoms in total. The van der Waals surface area contributed by atoms with Gasteiger partial charge in [-0.2, -0.15) is 0 Å². The molecule has 4 atom stereocenters. The van der Waals surface area contributed by atoms with Gasteiger partial charge in [0.25, 0.3) is 5.91 Å². The molecule has 1 fully saturated rings. The van der Waals surface area contributed by atoms with E-state index in [0.717, 1.165) is 18.4 Å². The quantitative estimate of drug-likeness (QED) is 0.737. The van der Waals surface area contributed by atoms with Crippen molar-refractivity contribution in [3.8, 4) is 0 Å². The largest absolute Gasteiger partial charge is 0.455 e. The van der Waals surface area contributed by atoms with E-state index in [0.29, 0.717) is 16.9 Å². The fourth-order valence-corrected chi connectivity index (χ4v) is 3.85. The van der Waals surface area contributed by atoms with Crippen LogP contribution in [0.25, 0.3) is 0 Å². The van der Waals surface area contributed by atoms with Crippen molar-refractivity contribution >= 4 is 23.5 Å². The molecule has 0 saturated heterocycles. The Morgan fingerprint density at radius 1 is 1.19 bits per heavy atom. The third kappa shape index (κ3) is 5.47.